The zero-order chi connectivity index (χ0) is 16.8. The zero-order valence-electron chi connectivity index (χ0n) is 13.3. The van der Waals surface area contributed by atoms with Crippen LogP contribution in [0.4, 0.5) is 4.79 Å². The third kappa shape index (κ3) is 5.42. The van der Waals surface area contributed by atoms with E-state index in [-0.39, 0.29) is 13.2 Å². The summed E-state index contributed by atoms with van der Waals surface area (Å²) in [5.74, 6) is -0.502. The number of azide groups is 1. The van der Waals surface area contributed by atoms with Gasteiger partial charge in [-0.25, -0.2) is 9.59 Å². The van der Waals surface area contributed by atoms with Crippen molar-refractivity contribution in [3.63, 3.8) is 0 Å². The maximum atomic E-state index is 12.2. The number of nitrogens with zero attached hydrogens (tertiary/aromatic N) is 4. The molecule has 1 rings (SSSR count). The summed E-state index contributed by atoms with van der Waals surface area (Å²) in [4.78, 5) is 27.5. The van der Waals surface area contributed by atoms with Crippen molar-refractivity contribution < 1.29 is 23.8 Å². The number of hydrogen-bond acceptors (Lipinski definition) is 6. The lowest BCUT2D eigenvalue weighted by Crippen LogP contribution is -2.45. The number of likely N-dealkylation sites (tertiary alicyclic amines) is 1. The first-order chi connectivity index (χ1) is 10.3. The number of amides is 1. The molecule has 1 amide bonds. The summed E-state index contributed by atoms with van der Waals surface area (Å²) < 4.78 is 15.3. The lowest BCUT2D eigenvalue weighted by atomic mass is 10.1. The summed E-state index contributed by atoms with van der Waals surface area (Å²) in [6.45, 7) is 5.57. The molecule has 0 spiro atoms. The predicted molar refractivity (Wildman–Crippen MR) is 77.1 cm³/mol. The minimum absolute atomic E-state index is 0.0571. The number of rotatable bonds is 5. The predicted octanol–water partition coefficient (Wildman–Crippen LogP) is 1.86. The first kappa shape index (κ1) is 18.1. The van der Waals surface area contributed by atoms with E-state index in [4.69, 9.17) is 15.0 Å². The lowest BCUT2D eigenvalue weighted by molar-refractivity contribution is -0.148. The highest BCUT2D eigenvalue weighted by atomic mass is 16.6. The zero-order valence-corrected chi connectivity index (χ0v) is 13.3. The molecule has 1 aliphatic rings. The Morgan fingerprint density at radius 2 is 2.09 bits per heavy atom. The van der Waals surface area contributed by atoms with Gasteiger partial charge < -0.3 is 19.1 Å². The van der Waals surface area contributed by atoms with Gasteiger partial charge in [-0.1, -0.05) is 5.11 Å². The van der Waals surface area contributed by atoms with Gasteiger partial charge in [-0.2, -0.15) is 0 Å². The van der Waals surface area contributed by atoms with Crippen LogP contribution in [0.15, 0.2) is 5.11 Å². The Morgan fingerprint density at radius 3 is 2.64 bits per heavy atom. The van der Waals surface area contributed by atoms with Crippen LogP contribution in [0, 0.1) is 0 Å². The molecule has 1 heterocycles. The average Bonchev–Trinajstić information content (AvgIpc) is 2.83. The van der Waals surface area contributed by atoms with Crippen molar-refractivity contribution in [2.45, 2.75) is 44.9 Å². The van der Waals surface area contributed by atoms with Gasteiger partial charge in [0.15, 0.2) is 0 Å². The van der Waals surface area contributed by atoms with Crippen molar-refractivity contribution >= 4 is 12.1 Å². The van der Waals surface area contributed by atoms with Crippen LogP contribution >= 0.6 is 0 Å². The van der Waals surface area contributed by atoms with Gasteiger partial charge in [0.1, 0.15) is 12.2 Å². The van der Waals surface area contributed by atoms with Crippen LogP contribution in [0.3, 0.4) is 0 Å². The Kier molecular flexibility index (Phi) is 6.45. The Morgan fingerprint density at radius 1 is 1.41 bits per heavy atom. The molecule has 0 bridgehead atoms. The minimum atomic E-state index is -0.620. The summed E-state index contributed by atoms with van der Waals surface area (Å²) >= 11 is 0. The van der Waals surface area contributed by atoms with Crippen LogP contribution in [-0.2, 0) is 19.0 Å². The van der Waals surface area contributed by atoms with Gasteiger partial charge in [-0.3, -0.25) is 0 Å². The monoisotopic (exact) mass is 314 g/mol. The van der Waals surface area contributed by atoms with E-state index in [9.17, 15) is 9.59 Å². The average molecular weight is 314 g/mol. The molecule has 0 N–H and O–H groups in total. The molecule has 9 heteroatoms. The Balaban J connectivity index is 2.74. The van der Waals surface area contributed by atoms with E-state index in [1.807, 2.05) is 0 Å². The number of esters is 1. The van der Waals surface area contributed by atoms with Gasteiger partial charge in [0.25, 0.3) is 0 Å². The Hall–Kier alpha value is -1.99. The van der Waals surface area contributed by atoms with Gasteiger partial charge in [0.2, 0.25) is 0 Å². The minimum Gasteiger partial charge on any atom is -0.467 e. The second kappa shape index (κ2) is 7.86. The van der Waals surface area contributed by atoms with E-state index in [1.54, 1.807) is 20.8 Å². The summed E-state index contributed by atoms with van der Waals surface area (Å²) in [5, 5.41) is 3.52. The maximum absolute atomic E-state index is 12.2. The molecule has 124 valence electrons. The summed E-state index contributed by atoms with van der Waals surface area (Å²) in [5.41, 5.74) is 7.87. The third-order valence-electron chi connectivity index (χ3n) is 3.09. The van der Waals surface area contributed by atoms with Crippen LogP contribution in [0.1, 0.15) is 27.2 Å². The quantitative estimate of drug-likeness (QED) is 0.332. The number of carbonyl (C=O) groups is 2. The highest BCUT2D eigenvalue weighted by Gasteiger charge is 2.39. The molecule has 0 radical (unpaired) electrons. The van der Waals surface area contributed by atoms with Crippen molar-refractivity contribution in [1.29, 1.82) is 0 Å². The fourth-order valence-corrected chi connectivity index (χ4v) is 2.14. The van der Waals surface area contributed by atoms with Crippen LogP contribution in [0.2, 0.25) is 0 Å². The standard InChI is InChI=1S/C13H22N4O5/c1-13(2,3)22-12(19)17-6-5-10(9(17)7-15-16-14)21-8-11(18)20-4/h9-10H,5-8H2,1-4H3/t9-,10-/m1/s1. The number of carbonyl (C=O) groups excluding carboxylic acids is 2. The molecule has 0 aliphatic carbocycles. The maximum Gasteiger partial charge on any atom is 0.410 e. The molecule has 0 aromatic rings. The van der Waals surface area contributed by atoms with E-state index in [0.717, 1.165) is 0 Å². The molecule has 22 heavy (non-hydrogen) atoms. The summed E-state index contributed by atoms with van der Waals surface area (Å²) in [6.07, 6.45) is -0.367. The van der Waals surface area contributed by atoms with Crippen molar-refractivity contribution in [3.8, 4) is 0 Å². The number of ether oxygens (including phenoxy) is 3. The van der Waals surface area contributed by atoms with Crippen LogP contribution in [0.25, 0.3) is 10.4 Å². The van der Waals surface area contributed by atoms with Gasteiger partial charge in [0, 0.05) is 18.0 Å². The SMILES string of the molecule is COC(=O)CO[C@@H]1CCN(C(=O)OC(C)(C)C)[C@@H]1CN=[N+]=[N-]. The van der Waals surface area contributed by atoms with Crippen LogP contribution in [0.5, 0.6) is 0 Å². The molecule has 1 fully saturated rings. The smallest absolute Gasteiger partial charge is 0.410 e. The fraction of sp³-hybridized carbons (Fsp3) is 0.846. The Bertz CT molecular complexity index is 456. The largest absolute Gasteiger partial charge is 0.467 e. The van der Waals surface area contributed by atoms with Gasteiger partial charge >= 0.3 is 12.1 Å². The van der Waals surface area contributed by atoms with Crippen molar-refractivity contribution in [2.24, 2.45) is 5.11 Å². The Labute approximate surface area is 129 Å². The lowest BCUT2D eigenvalue weighted by Gasteiger charge is -2.29. The van der Waals surface area contributed by atoms with Gasteiger partial charge in [0.05, 0.1) is 19.3 Å². The third-order valence-corrected chi connectivity index (χ3v) is 3.09. The molecule has 0 aromatic heterocycles. The van der Waals surface area contributed by atoms with E-state index in [1.165, 1.54) is 12.0 Å². The first-order valence-electron chi connectivity index (χ1n) is 6.97. The normalized spacial score (nSPS) is 21.2. The topological polar surface area (TPSA) is 114 Å². The molecule has 0 aromatic carbocycles. The molecular weight excluding hydrogens is 292 g/mol. The molecular formula is C13H22N4O5. The first-order valence-corrected chi connectivity index (χ1v) is 6.97. The highest BCUT2D eigenvalue weighted by Crippen LogP contribution is 2.24. The van der Waals surface area contributed by atoms with E-state index in [2.05, 4.69) is 14.8 Å². The number of hydrogen-bond donors (Lipinski definition) is 0. The van der Waals surface area contributed by atoms with E-state index < -0.39 is 29.8 Å². The molecule has 2 atom stereocenters. The summed E-state index contributed by atoms with van der Waals surface area (Å²) in [6, 6.07) is -0.463. The van der Waals surface area contributed by atoms with E-state index in [0.29, 0.717) is 13.0 Å². The molecule has 0 unspecified atom stereocenters. The fourth-order valence-electron chi connectivity index (χ4n) is 2.14. The molecule has 0 saturated carbocycles. The second-order valence-electron chi connectivity index (χ2n) is 5.87. The molecule has 9 nitrogen and oxygen atoms in total. The van der Waals surface area contributed by atoms with Gasteiger partial charge in [-0.05, 0) is 32.7 Å². The van der Waals surface area contributed by atoms with Crippen molar-refractivity contribution in [3.05, 3.63) is 10.4 Å². The van der Waals surface area contributed by atoms with Crippen LogP contribution in [-0.4, -0.2) is 61.5 Å². The van der Waals surface area contributed by atoms with Crippen LogP contribution < -0.4 is 0 Å². The van der Waals surface area contributed by atoms with Gasteiger partial charge in [-0.15, -0.1) is 0 Å². The van der Waals surface area contributed by atoms with Crippen molar-refractivity contribution in [2.75, 3.05) is 26.8 Å². The second-order valence-corrected chi connectivity index (χ2v) is 5.87. The highest BCUT2D eigenvalue weighted by molar-refractivity contribution is 5.70. The number of methoxy groups -OCH3 is 1. The van der Waals surface area contributed by atoms with Crippen molar-refractivity contribution in [1.82, 2.24) is 4.90 Å². The summed E-state index contributed by atoms with van der Waals surface area (Å²) in [7, 11) is 1.27. The van der Waals surface area contributed by atoms with E-state index >= 15 is 0 Å². The molecule has 1 saturated heterocycles. The molecule has 1 aliphatic heterocycles.